The molecule has 31 heavy (non-hydrogen) atoms. The maximum absolute atomic E-state index is 13.2. The van der Waals surface area contributed by atoms with Crippen molar-refractivity contribution in [3.63, 3.8) is 0 Å². The molecule has 2 amide bonds. The summed E-state index contributed by atoms with van der Waals surface area (Å²) in [6, 6.07) is 11.5. The Morgan fingerprint density at radius 1 is 0.935 bits per heavy atom. The van der Waals surface area contributed by atoms with E-state index in [-0.39, 0.29) is 21.5 Å². The van der Waals surface area contributed by atoms with E-state index in [1.807, 2.05) is 6.07 Å². The molecule has 0 bridgehead atoms. The topological polar surface area (TPSA) is 49.4 Å². The van der Waals surface area contributed by atoms with Crippen molar-refractivity contribution in [1.82, 2.24) is 0 Å². The molecule has 0 atom stereocenters. The van der Waals surface area contributed by atoms with Gasteiger partial charge in [-0.3, -0.25) is 9.59 Å². The first kappa shape index (κ1) is 22.4. The van der Waals surface area contributed by atoms with Crippen molar-refractivity contribution in [3.05, 3.63) is 77.9 Å². The van der Waals surface area contributed by atoms with Gasteiger partial charge in [0.1, 0.15) is 0 Å². The number of halogens is 4. The molecule has 0 saturated carbocycles. The molecule has 1 aliphatic rings. The highest BCUT2D eigenvalue weighted by atomic mass is 35.5. The van der Waals surface area contributed by atoms with Crippen LogP contribution >= 0.6 is 57.7 Å². The van der Waals surface area contributed by atoms with Gasteiger partial charge < -0.3 is 10.2 Å². The van der Waals surface area contributed by atoms with Gasteiger partial charge in [0.2, 0.25) is 0 Å². The van der Waals surface area contributed by atoms with Gasteiger partial charge in [-0.1, -0.05) is 46.4 Å². The number of benzene rings is 2. The quantitative estimate of drug-likeness (QED) is 0.392. The fourth-order valence-corrected chi connectivity index (χ4v) is 5.78. The lowest BCUT2D eigenvalue weighted by molar-refractivity contribution is 0.0986. The van der Waals surface area contributed by atoms with Crippen molar-refractivity contribution in [2.45, 2.75) is 19.3 Å². The van der Waals surface area contributed by atoms with Crippen LogP contribution in [0.1, 0.15) is 38.4 Å². The molecule has 160 valence electrons. The third kappa shape index (κ3) is 4.86. The molecular formula is C22H16Cl4N2O2S. The number of hydrogen-bond donors (Lipinski definition) is 1. The first-order valence-corrected chi connectivity index (χ1v) is 11.8. The van der Waals surface area contributed by atoms with Gasteiger partial charge in [-0.05, 0) is 61.7 Å². The van der Waals surface area contributed by atoms with Gasteiger partial charge in [-0.15, -0.1) is 11.3 Å². The van der Waals surface area contributed by atoms with Crippen LogP contribution in [-0.4, -0.2) is 18.4 Å². The van der Waals surface area contributed by atoms with Gasteiger partial charge in [-0.2, -0.15) is 0 Å². The van der Waals surface area contributed by atoms with E-state index in [1.165, 1.54) is 23.5 Å². The van der Waals surface area contributed by atoms with E-state index in [2.05, 4.69) is 5.32 Å². The molecule has 1 aromatic heterocycles. The van der Waals surface area contributed by atoms with Crippen LogP contribution in [0.2, 0.25) is 19.4 Å². The number of nitrogens with zero attached hydrogens (tertiary/aromatic N) is 1. The van der Waals surface area contributed by atoms with Gasteiger partial charge in [0.25, 0.3) is 11.8 Å². The van der Waals surface area contributed by atoms with Crippen molar-refractivity contribution in [2.75, 3.05) is 16.8 Å². The van der Waals surface area contributed by atoms with Crippen molar-refractivity contribution in [1.29, 1.82) is 0 Å². The normalized spacial score (nSPS) is 13.5. The summed E-state index contributed by atoms with van der Waals surface area (Å²) < 4.78 is 0.683. The zero-order valence-corrected chi connectivity index (χ0v) is 19.9. The predicted molar refractivity (Wildman–Crippen MR) is 130 cm³/mol. The van der Waals surface area contributed by atoms with E-state index in [1.54, 1.807) is 29.2 Å². The number of thiophene rings is 1. The highest BCUT2D eigenvalue weighted by molar-refractivity contribution is 7.16. The zero-order valence-electron chi connectivity index (χ0n) is 16.1. The molecular weight excluding hydrogens is 498 g/mol. The predicted octanol–water partition coefficient (Wildman–Crippen LogP) is 7.60. The van der Waals surface area contributed by atoms with Crippen LogP contribution in [0.4, 0.5) is 11.4 Å². The van der Waals surface area contributed by atoms with Gasteiger partial charge in [-0.25, -0.2) is 0 Å². The monoisotopic (exact) mass is 512 g/mol. The second-order valence-corrected chi connectivity index (χ2v) is 10.1. The van der Waals surface area contributed by atoms with Crippen molar-refractivity contribution < 1.29 is 9.59 Å². The second-order valence-electron chi connectivity index (χ2n) is 7.05. The van der Waals surface area contributed by atoms with E-state index >= 15 is 0 Å². The highest BCUT2D eigenvalue weighted by Crippen LogP contribution is 2.37. The zero-order chi connectivity index (χ0) is 22.1. The minimum Gasteiger partial charge on any atom is -0.322 e. The van der Waals surface area contributed by atoms with Crippen molar-refractivity contribution >= 4 is 80.9 Å². The van der Waals surface area contributed by atoms with Crippen LogP contribution in [0.5, 0.6) is 0 Å². The van der Waals surface area contributed by atoms with E-state index in [4.69, 9.17) is 46.4 Å². The van der Waals surface area contributed by atoms with E-state index in [0.717, 1.165) is 29.8 Å². The number of nitrogens with one attached hydrogen (secondary N) is 1. The molecule has 4 nitrogen and oxygen atoms in total. The molecule has 1 aliphatic heterocycles. The lowest BCUT2D eigenvalue weighted by Crippen LogP contribution is -2.31. The van der Waals surface area contributed by atoms with Gasteiger partial charge >= 0.3 is 0 Å². The Labute approximate surface area is 203 Å². The maximum Gasteiger partial charge on any atom is 0.258 e. The first-order chi connectivity index (χ1) is 14.8. The Balaban J connectivity index is 1.52. The number of carbonyl (C=O) groups is 2. The summed E-state index contributed by atoms with van der Waals surface area (Å²) in [7, 11) is 0. The maximum atomic E-state index is 13.2. The molecule has 2 aromatic carbocycles. The summed E-state index contributed by atoms with van der Waals surface area (Å²) in [5.74, 6) is -0.560. The van der Waals surface area contributed by atoms with Crippen LogP contribution < -0.4 is 10.2 Å². The van der Waals surface area contributed by atoms with Gasteiger partial charge in [0.05, 0.1) is 25.6 Å². The Kier molecular flexibility index (Phi) is 6.80. The number of hydrogen-bond acceptors (Lipinski definition) is 3. The summed E-state index contributed by atoms with van der Waals surface area (Å²) >= 11 is 25.8. The number of aryl methyl sites for hydroxylation is 1. The molecule has 0 spiro atoms. The first-order valence-electron chi connectivity index (χ1n) is 9.49. The molecule has 2 heterocycles. The molecule has 0 aliphatic carbocycles. The molecule has 1 N–H and O–H groups in total. The third-order valence-corrected chi connectivity index (χ3v) is 7.08. The molecule has 4 rings (SSSR count). The largest absolute Gasteiger partial charge is 0.322 e. The standard InChI is InChI=1S/C22H16Cl4N2O2S/c23-13-9-15(24)20(16(25)10-13)21(29)27-14-6-4-12(5-7-14)22(30)28-8-2-1-3-18-17(28)11-19(26)31-18/h4-7,9-11H,1-3,8H2,(H,27,29). The summed E-state index contributed by atoms with van der Waals surface area (Å²) in [6.07, 6.45) is 2.88. The summed E-state index contributed by atoms with van der Waals surface area (Å²) in [5, 5.41) is 3.41. The third-order valence-electron chi connectivity index (χ3n) is 4.95. The van der Waals surface area contributed by atoms with Crippen LogP contribution in [0.25, 0.3) is 0 Å². The molecule has 0 saturated heterocycles. The van der Waals surface area contributed by atoms with Crippen LogP contribution in [0, 0.1) is 0 Å². The summed E-state index contributed by atoms with van der Waals surface area (Å²) in [6.45, 7) is 0.644. The van der Waals surface area contributed by atoms with E-state index < -0.39 is 5.91 Å². The Morgan fingerprint density at radius 3 is 2.29 bits per heavy atom. The van der Waals surface area contributed by atoms with Crippen LogP contribution in [0.15, 0.2) is 42.5 Å². The van der Waals surface area contributed by atoms with E-state index in [9.17, 15) is 9.59 Å². The molecule has 0 fully saturated rings. The second kappa shape index (κ2) is 9.39. The lowest BCUT2D eigenvalue weighted by atomic mass is 10.1. The van der Waals surface area contributed by atoms with Gasteiger partial charge in [0, 0.05) is 27.7 Å². The number of rotatable bonds is 3. The smallest absolute Gasteiger partial charge is 0.258 e. The minimum atomic E-state index is -0.462. The highest BCUT2D eigenvalue weighted by Gasteiger charge is 2.24. The molecule has 9 heteroatoms. The van der Waals surface area contributed by atoms with Gasteiger partial charge in [0.15, 0.2) is 0 Å². The molecule has 0 radical (unpaired) electrons. The fraction of sp³-hybridized carbons (Fsp3) is 0.182. The molecule has 3 aromatic rings. The average Bonchev–Trinajstić information content (AvgIpc) is 2.96. The summed E-state index contributed by atoms with van der Waals surface area (Å²) in [5.41, 5.74) is 2.07. The van der Waals surface area contributed by atoms with Crippen molar-refractivity contribution in [3.8, 4) is 0 Å². The Morgan fingerprint density at radius 2 is 1.61 bits per heavy atom. The van der Waals surface area contributed by atoms with Crippen molar-refractivity contribution in [2.24, 2.45) is 0 Å². The van der Waals surface area contributed by atoms with Crippen LogP contribution in [-0.2, 0) is 6.42 Å². The fourth-order valence-electron chi connectivity index (χ4n) is 3.49. The van der Waals surface area contributed by atoms with Crippen LogP contribution in [0.3, 0.4) is 0 Å². The lowest BCUT2D eigenvalue weighted by Gasteiger charge is -2.21. The average molecular weight is 514 g/mol. The minimum absolute atomic E-state index is 0.0979. The summed E-state index contributed by atoms with van der Waals surface area (Å²) in [4.78, 5) is 28.7. The van der Waals surface area contributed by atoms with E-state index in [0.29, 0.717) is 27.2 Å². The Bertz CT molecular complexity index is 1140. The molecule has 0 unspecified atom stereocenters. The SMILES string of the molecule is O=C(Nc1ccc(C(=O)N2CCCCc3sc(Cl)cc32)cc1)c1c(Cl)cc(Cl)cc1Cl. The number of carbonyl (C=O) groups excluding carboxylic acids is 2. The number of fused-ring (bicyclic) bond motifs is 1. The number of amides is 2. The Hall–Kier alpha value is -1.76. The number of anilines is 2.